The Morgan fingerprint density at radius 3 is 2.82 bits per heavy atom. The molecule has 0 amide bonds. The van der Waals surface area contributed by atoms with Crippen molar-refractivity contribution >= 4 is 26.0 Å². The van der Waals surface area contributed by atoms with E-state index >= 15 is 0 Å². The quantitative estimate of drug-likeness (QED) is 0.577. The predicted molar refractivity (Wildman–Crippen MR) is 71.1 cm³/mol. The first-order chi connectivity index (χ1) is 8.03. The molecule has 1 aromatic rings. The van der Waals surface area contributed by atoms with Crippen molar-refractivity contribution in [2.45, 2.75) is 13.5 Å². The molecule has 0 saturated heterocycles. The van der Waals surface area contributed by atoms with Crippen LogP contribution in [0.25, 0.3) is 0 Å². The first-order valence-corrected chi connectivity index (χ1v) is 7.77. The average molecular weight is 322 g/mol. The van der Waals surface area contributed by atoms with Gasteiger partial charge < -0.3 is 5.32 Å². The molecule has 1 rings (SSSR count). The van der Waals surface area contributed by atoms with E-state index in [0.29, 0.717) is 19.6 Å². The van der Waals surface area contributed by atoms with Gasteiger partial charge in [0.1, 0.15) is 4.60 Å². The van der Waals surface area contributed by atoms with Gasteiger partial charge in [0.05, 0.1) is 11.4 Å². The number of hydrogen-bond acceptors (Lipinski definition) is 4. The average Bonchev–Trinajstić information content (AvgIpc) is 2.24. The Kier molecular flexibility index (Phi) is 6.04. The Balaban J connectivity index is 2.29. The van der Waals surface area contributed by atoms with E-state index in [2.05, 4.69) is 31.0 Å². The number of pyridine rings is 1. The summed E-state index contributed by atoms with van der Waals surface area (Å²) in [6, 6.07) is 5.62. The second kappa shape index (κ2) is 7.05. The minimum Gasteiger partial charge on any atom is -0.310 e. The SMILES string of the molecule is CCNS(=O)(=O)CCNCc1cccc(Br)n1. The molecule has 0 aliphatic heterocycles. The molecule has 0 bridgehead atoms. The zero-order chi connectivity index (χ0) is 12.7. The maximum absolute atomic E-state index is 11.3. The molecule has 1 aromatic heterocycles. The maximum Gasteiger partial charge on any atom is 0.212 e. The first kappa shape index (κ1) is 14.6. The third-order valence-electron chi connectivity index (χ3n) is 1.99. The summed E-state index contributed by atoms with van der Waals surface area (Å²) in [6.45, 7) is 3.15. The number of sulfonamides is 1. The molecule has 0 saturated carbocycles. The largest absolute Gasteiger partial charge is 0.310 e. The number of rotatable bonds is 7. The number of hydrogen-bond donors (Lipinski definition) is 2. The van der Waals surface area contributed by atoms with Gasteiger partial charge in [-0.25, -0.2) is 18.1 Å². The van der Waals surface area contributed by atoms with Crippen LogP contribution in [-0.2, 0) is 16.6 Å². The lowest BCUT2D eigenvalue weighted by atomic mass is 10.3. The van der Waals surface area contributed by atoms with Crippen molar-refractivity contribution in [2.24, 2.45) is 0 Å². The molecular weight excluding hydrogens is 306 g/mol. The van der Waals surface area contributed by atoms with Crippen LogP contribution in [0.1, 0.15) is 12.6 Å². The highest BCUT2D eigenvalue weighted by Gasteiger charge is 2.07. The van der Waals surface area contributed by atoms with Gasteiger partial charge in [-0.2, -0.15) is 0 Å². The Hall–Kier alpha value is -0.500. The summed E-state index contributed by atoms with van der Waals surface area (Å²) in [7, 11) is -3.14. The minimum atomic E-state index is -3.14. The van der Waals surface area contributed by atoms with Crippen molar-refractivity contribution in [1.29, 1.82) is 0 Å². The van der Waals surface area contributed by atoms with Crippen LogP contribution < -0.4 is 10.0 Å². The summed E-state index contributed by atoms with van der Waals surface area (Å²) in [5.74, 6) is 0.0782. The van der Waals surface area contributed by atoms with Gasteiger partial charge in [-0.15, -0.1) is 0 Å². The van der Waals surface area contributed by atoms with E-state index in [1.807, 2.05) is 18.2 Å². The normalized spacial score (nSPS) is 11.6. The van der Waals surface area contributed by atoms with Crippen molar-refractivity contribution in [1.82, 2.24) is 15.0 Å². The van der Waals surface area contributed by atoms with Gasteiger partial charge >= 0.3 is 0 Å². The molecular formula is C10H16BrN3O2S. The van der Waals surface area contributed by atoms with E-state index in [0.717, 1.165) is 10.3 Å². The predicted octanol–water partition coefficient (Wildman–Crippen LogP) is 0.873. The van der Waals surface area contributed by atoms with Crippen LogP contribution in [0, 0.1) is 0 Å². The highest BCUT2D eigenvalue weighted by molar-refractivity contribution is 9.10. The first-order valence-electron chi connectivity index (χ1n) is 5.33. The van der Waals surface area contributed by atoms with Crippen LogP contribution in [0.15, 0.2) is 22.8 Å². The van der Waals surface area contributed by atoms with E-state index in [1.165, 1.54) is 0 Å². The van der Waals surface area contributed by atoms with Gasteiger partial charge in [-0.3, -0.25) is 0 Å². The summed E-state index contributed by atoms with van der Waals surface area (Å²) in [4.78, 5) is 4.23. The van der Waals surface area contributed by atoms with E-state index in [4.69, 9.17) is 0 Å². The summed E-state index contributed by atoms with van der Waals surface area (Å²) >= 11 is 3.28. The van der Waals surface area contributed by atoms with Crippen molar-refractivity contribution in [3.8, 4) is 0 Å². The lowest BCUT2D eigenvalue weighted by molar-refractivity contribution is 0.578. The van der Waals surface area contributed by atoms with Crippen LogP contribution in [-0.4, -0.2) is 32.2 Å². The van der Waals surface area contributed by atoms with E-state index in [1.54, 1.807) is 6.92 Å². The monoisotopic (exact) mass is 321 g/mol. The molecule has 0 aliphatic carbocycles. The molecule has 0 unspecified atom stereocenters. The van der Waals surface area contributed by atoms with Crippen LogP contribution in [0.4, 0.5) is 0 Å². The fourth-order valence-electron chi connectivity index (χ4n) is 1.26. The van der Waals surface area contributed by atoms with Crippen molar-refractivity contribution < 1.29 is 8.42 Å². The second-order valence-electron chi connectivity index (χ2n) is 3.45. The van der Waals surface area contributed by atoms with Gasteiger partial charge in [0.15, 0.2) is 0 Å². The van der Waals surface area contributed by atoms with Crippen molar-refractivity contribution in [3.05, 3.63) is 28.5 Å². The second-order valence-corrected chi connectivity index (χ2v) is 6.18. The Bertz CT molecular complexity index is 451. The summed E-state index contributed by atoms with van der Waals surface area (Å²) in [5, 5.41) is 3.04. The van der Waals surface area contributed by atoms with Crippen LogP contribution >= 0.6 is 15.9 Å². The molecule has 0 spiro atoms. The molecule has 1 heterocycles. The van der Waals surface area contributed by atoms with Gasteiger partial charge in [0.25, 0.3) is 0 Å². The molecule has 2 N–H and O–H groups in total. The van der Waals surface area contributed by atoms with Gasteiger partial charge in [-0.1, -0.05) is 13.0 Å². The number of nitrogens with one attached hydrogen (secondary N) is 2. The molecule has 0 radical (unpaired) electrons. The minimum absolute atomic E-state index is 0.0782. The molecule has 96 valence electrons. The van der Waals surface area contributed by atoms with Crippen molar-refractivity contribution in [3.63, 3.8) is 0 Å². The zero-order valence-corrected chi connectivity index (χ0v) is 12.0. The highest BCUT2D eigenvalue weighted by atomic mass is 79.9. The molecule has 0 fully saturated rings. The van der Waals surface area contributed by atoms with Gasteiger partial charge in [0.2, 0.25) is 10.0 Å². The molecule has 0 aromatic carbocycles. The van der Waals surface area contributed by atoms with E-state index in [-0.39, 0.29) is 5.75 Å². The fraction of sp³-hybridized carbons (Fsp3) is 0.500. The smallest absolute Gasteiger partial charge is 0.212 e. The number of nitrogens with zero attached hydrogens (tertiary/aromatic N) is 1. The highest BCUT2D eigenvalue weighted by Crippen LogP contribution is 2.05. The standard InChI is InChI=1S/C10H16BrN3O2S/c1-2-13-17(15,16)7-6-12-8-9-4-3-5-10(11)14-9/h3-5,12-13H,2,6-8H2,1H3. The lowest BCUT2D eigenvalue weighted by Crippen LogP contribution is -2.31. The molecule has 0 aliphatic rings. The Morgan fingerprint density at radius 2 is 2.18 bits per heavy atom. The van der Waals surface area contributed by atoms with Crippen LogP contribution in [0.3, 0.4) is 0 Å². The summed E-state index contributed by atoms with van der Waals surface area (Å²) < 4.78 is 25.9. The molecule has 0 atom stereocenters. The van der Waals surface area contributed by atoms with Gasteiger partial charge in [-0.05, 0) is 28.1 Å². The van der Waals surface area contributed by atoms with E-state index in [9.17, 15) is 8.42 Å². The zero-order valence-electron chi connectivity index (χ0n) is 9.61. The number of halogens is 1. The topological polar surface area (TPSA) is 71.1 Å². The fourth-order valence-corrected chi connectivity index (χ4v) is 2.64. The summed E-state index contributed by atoms with van der Waals surface area (Å²) in [6.07, 6.45) is 0. The Labute approximate surface area is 110 Å². The Morgan fingerprint density at radius 1 is 1.41 bits per heavy atom. The molecule has 7 heteroatoms. The molecule has 17 heavy (non-hydrogen) atoms. The molecule has 5 nitrogen and oxygen atoms in total. The van der Waals surface area contributed by atoms with Crippen LogP contribution in [0.2, 0.25) is 0 Å². The van der Waals surface area contributed by atoms with Gasteiger partial charge in [0, 0.05) is 19.6 Å². The summed E-state index contributed by atoms with van der Waals surface area (Å²) in [5.41, 5.74) is 0.875. The number of aromatic nitrogens is 1. The lowest BCUT2D eigenvalue weighted by Gasteiger charge is -2.06. The van der Waals surface area contributed by atoms with E-state index < -0.39 is 10.0 Å². The van der Waals surface area contributed by atoms with Crippen molar-refractivity contribution in [2.75, 3.05) is 18.8 Å². The third-order valence-corrected chi connectivity index (χ3v) is 3.90. The van der Waals surface area contributed by atoms with Crippen LogP contribution in [0.5, 0.6) is 0 Å². The maximum atomic E-state index is 11.3. The third kappa shape index (κ3) is 6.11.